The van der Waals surface area contributed by atoms with Crippen LogP contribution < -0.4 is 10.2 Å². The molecule has 0 spiro atoms. The van der Waals surface area contributed by atoms with E-state index in [1.54, 1.807) is 17.3 Å². The molecular formula is C29H38N4O3. The molecule has 0 radical (unpaired) electrons. The molecule has 1 atom stereocenters. The molecule has 1 aliphatic carbocycles. The fourth-order valence-corrected chi connectivity index (χ4v) is 5.42. The van der Waals surface area contributed by atoms with Crippen molar-refractivity contribution < 1.29 is 14.4 Å². The molecule has 1 aliphatic heterocycles. The van der Waals surface area contributed by atoms with Crippen molar-refractivity contribution in [1.29, 1.82) is 0 Å². The highest BCUT2D eigenvalue weighted by molar-refractivity contribution is 6.38. The summed E-state index contributed by atoms with van der Waals surface area (Å²) in [6.07, 6.45) is 7.57. The lowest BCUT2D eigenvalue weighted by Gasteiger charge is -2.36. The van der Waals surface area contributed by atoms with Crippen LogP contribution in [0.4, 0.5) is 5.69 Å². The Labute approximate surface area is 214 Å². The molecule has 2 heterocycles. The SMILES string of the molecule is CC(C)C1CCC(C(=O)NC(Cc2ccccc2)C(=O)C(=O)N2CCN(c3ccncc3)CC2)CC1. The van der Waals surface area contributed by atoms with Crippen molar-refractivity contribution >= 4 is 23.3 Å². The number of ketones is 1. The first-order chi connectivity index (χ1) is 17.4. The van der Waals surface area contributed by atoms with E-state index in [1.165, 1.54) is 0 Å². The zero-order valence-electron chi connectivity index (χ0n) is 21.4. The Morgan fingerprint density at radius 2 is 1.56 bits per heavy atom. The third-order valence-electron chi connectivity index (χ3n) is 7.81. The number of nitrogens with zero attached hydrogens (tertiary/aromatic N) is 3. The summed E-state index contributed by atoms with van der Waals surface area (Å²) in [5.41, 5.74) is 1.99. The van der Waals surface area contributed by atoms with Crippen molar-refractivity contribution in [3.05, 3.63) is 60.4 Å². The number of amides is 2. The van der Waals surface area contributed by atoms with Gasteiger partial charge in [0.25, 0.3) is 5.91 Å². The van der Waals surface area contributed by atoms with Crippen molar-refractivity contribution in [2.75, 3.05) is 31.1 Å². The van der Waals surface area contributed by atoms with Gasteiger partial charge in [-0.3, -0.25) is 19.4 Å². The summed E-state index contributed by atoms with van der Waals surface area (Å²) in [6.45, 7) is 6.72. The van der Waals surface area contributed by atoms with Crippen LogP contribution >= 0.6 is 0 Å². The molecule has 2 aliphatic rings. The number of nitrogens with one attached hydrogen (secondary N) is 1. The minimum absolute atomic E-state index is 0.0925. The summed E-state index contributed by atoms with van der Waals surface area (Å²) in [5.74, 6) is 0.0580. The maximum absolute atomic E-state index is 13.4. The molecule has 2 amide bonds. The minimum Gasteiger partial charge on any atom is -0.368 e. The van der Waals surface area contributed by atoms with Gasteiger partial charge in [0.1, 0.15) is 6.04 Å². The highest BCUT2D eigenvalue weighted by Crippen LogP contribution is 2.33. The fourth-order valence-electron chi connectivity index (χ4n) is 5.42. The summed E-state index contributed by atoms with van der Waals surface area (Å²) < 4.78 is 0. The average Bonchev–Trinajstić information content (AvgIpc) is 2.93. The van der Waals surface area contributed by atoms with E-state index in [9.17, 15) is 14.4 Å². The Morgan fingerprint density at radius 1 is 0.917 bits per heavy atom. The Morgan fingerprint density at radius 3 is 2.17 bits per heavy atom. The molecule has 1 aromatic carbocycles. The van der Waals surface area contributed by atoms with Gasteiger partial charge in [0, 0.05) is 56.6 Å². The zero-order valence-corrected chi connectivity index (χ0v) is 21.4. The van der Waals surface area contributed by atoms with Crippen molar-refractivity contribution in [3.63, 3.8) is 0 Å². The van der Waals surface area contributed by atoms with Crippen LogP contribution in [0.5, 0.6) is 0 Å². The second-order valence-electron chi connectivity index (χ2n) is 10.5. The molecule has 36 heavy (non-hydrogen) atoms. The summed E-state index contributed by atoms with van der Waals surface area (Å²) >= 11 is 0. The topological polar surface area (TPSA) is 82.6 Å². The monoisotopic (exact) mass is 490 g/mol. The van der Waals surface area contributed by atoms with E-state index in [-0.39, 0.29) is 11.8 Å². The normalized spacial score (nSPS) is 21.2. The molecular weight excluding hydrogens is 452 g/mol. The second-order valence-corrected chi connectivity index (χ2v) is 10.5. The molecule has 2 aromatic rings. The van der Waals surface area contributed by atoms with Gasteiger partial charge in [-0.15, -0.1) is 0 Å². The maximum Gasteiger partial charge on any atom is 0.292 e. The van der Waals surface area contributed by atoms with Gasteiger partial charge in [-0.1, -0.05) is 44.2 Å². The Bertz CT molecular complexity index is 1010. The van der Waals surface area contributed by atoms with E-state index < -0.39 is 17.7 Å². The van der Waals surface area contributed by atoms with Crippen LogP contribution in [0.25, 0.3) is 0 Å². The average molecular weight is 491 g/mol. The number of rotatable bonds is 8. The quantitative estimate of drug-likeness (QED) is 0.573. The molecule has 2 fully saturated rings. The summed E-state index contributed by atoms with van der Waals surface area (Å²) in [7, 11) is 0. The van der Waals surface area contributed by atoms with Crippen LogP contribution in [0.15, 0.2) is 54.9 Å². The standard InChI is InChI=1S/C29H38N4O3/c1-21(2)23-8-10-24(11-9-23)28(35)31-26(20-22-6-4-3-5-7-22)27(34)29(36)33-18-16-32(17-19-33)25-12-14-30-15-13-25/h3-7,12-15,21,23-24,26H,8-11,16-20H2,1-2H3,(H,31,35). The number of hydrogen-bond acceptors (Lipinski definition) is 5. The first kappa shape index (κ1) is 25.9. The molecule has 1 aromatic heterocycles. The minimum atomic E-state index is -0.853. The lowest BCUT2D eigenvalue weighted by atomic mass is 9.76. The van der Waals surface area contributed by atoms with E-state index in [1.807, 2.05) is 42.5 Å². The van der Waals surface area contributed by atoms with Gasteiger partial charge in [0.05, 0.1) is 0 Å². The van der Waals surface area contributed by atoms with Crippen LogP contribution in [0.3, 0.4) is 0 Å². The van der Waals surface area contributed by atoms with E-state index in [0.29, 0.717) is 44.4 Å². The Hall–Kier alpha value is -3.22. The van der Waals surface area contributed by atoms with Gasteiger partial charge in [0.2, 0.25) is 11.7 Å². The van der Waals surface area contributed by atoms with Gasteiger partial charge in [-0.2, -0.15) is 0 Å². The largest absolute Gasteiger partial charge is 0.368 e. The molecule has 1 saturated heterocycles. The molecule has 4 rings (SSSR count). The van der Waals surface area contributed by atoms with E-state index in [4.69, 9.17) is 0 Å². The smallest absolute Gasteiger partial charge is 0.292 e. The van der Waals surface area contributed by atoms with E-state index in [2.05, 4.69) is 29.0 Å². The summed E-state index contributed by atoms with van der Waals surface area (Å²) in [4.78, 5) is 47.7. The number of hydrogen-bond donors (Lipinski definition) is 1. The molecule has 7 heteroatoms. The number of aromatic nitrogens is 1. The summed E-state index contributed by atoms with van der Waals surface area (Å²) in [6, 6.07) is 12.6. The molecule has 192 valence electrons. The van der Waals surface area contributed by atoms with Crippen molar-refractivity contribution in [3.8, 4) is 0 Å². The van der Waals surface area contributed by atoms with Gasteiger partial charge < -0.3 is 15.1 Å². The predicted molar refractivity (Wildman–Crippen MR) is 140 cm³/mol. The van der Waals surface area contributed by atoms with E-state index in [0.717, 1.165) is 36.9 Å². The van der Waals surface area contributed by atoms with Crippen molar-refractivity contribution in [2.24, 2.45) is 17.8 Å². The Balaban J connectivity index is 1.39. The highest BCUT2D eigenvalue weighted by Gasteiger charge is 2.35. The third kappa shape index (κ3) is 6.50. The number of Topliss-reactive ketones (excluding diaryl/α,β-unsaturated/α-hetero) is 1. The van der Waals surface area contributed by atoms with Crippen LogP contribution in [0, 0.1) is 17.8 Å². The number of carbonyl (C=O) groups is 3. The predicted octanol–water partition coefficient (Wildman–Crippen LogP) is 3.49. The van der Waals surface area contributed by atoms with Crippen molar-refractivity contribution in [2.45, 2.75) is 52.0 Å². The second kappa shape index (κ2) is 12.2. The Kier molecular flexibility index (Phi) is 8.73. The molecule has 1 saturated carbocycles. The summed E-state index contributed by atoms with van der Waals surface area (Å²) in [5, 5.41) is 2.98. The molecule has 7 nitrogen and oxygen atoms in total. The van der Waals surface area contributed by atoms with Crippen LogP contribution in [-0.4, -0.2) is 59.7 Å². The lowest BCUT2D eigenvalue weighted by molar-refractivity contribution is -0.146. The fraction of sp³-hybridized carbons (Fsp3) is 0.517. The molecule has 0 bridgehead atoms. The number of carbonyl (C=O) groups excluding carboxylic acids is 3. The van der Waals surface area contributed by atoms with Crippen molar-refractivity contribution in [1.82, 2.24) is 15.2 Å². The maximum atomic E-state index is 13.4. The lowest BCUT2D eigenvalue weighted by Crippen LogP contribution is -2.55. The van der Waals surface area contributed by atoms with Gasteiger partial charge >= 0.3 is 0 Å². The highest BCUT2D eigenvalue weighted by atomic mass is 16.2. The molecule has 1 unspecified atom stereocenters. The number of benzene rings is 1. The van der Waals surface area contributed by atoms with Crippen LogP contribution in [0.1, 0.15) is 45.1 Å². The van der Waals surface area contributed by atoms with E-state index >= 15 is 0 Å². The zero-order chi connectivity index (χ0) is 25.5. The number of pyridine rings is 1. The first-order valence-corrected chi connectivity index (χ1v) is 13.2. The van der Waals surface area contributed by atoms with Crippen LogP contribution in [0.2, 0.25) is 0 Å². The first-order valence-electron chi connectivity index (χ1n) is 13.2. The van der Waals surface area contributed by atoms with Crippen LogP contribution in [-0.2, 0) is 20.8 Å². The third-order valence-corrected chi connectivity index (χ3v) is 7.81. The van der Waals surface area contributed by atoms with Gasteiger partial charge in [0.15, 0.2) is 0 Å². The molecule has 1 N–H and O–H groups in total. The number of piperazine rings is 1. The van der Waals surface area contributed by atoms with Gasteiger partial charge in [-0.05, 0) is 55.2 Å². The van der Waals surface area contributed by atoms with Gasteiger partial charge in [-0.25, -0.2) is 0 Å². The number of anilines is 1.